The molecule has 0 radical (unpaired) electrons. The first-order valence-corrected chi connectivity index (χ1v) is 10.4. The number of benzene rings is 1. The van der Waals surface area contributed by atoms with E-state index in [1.54, 1.807) is 0 Å². The SMILES string of the molecule is Cc1c2c(c3cccnc3c1C)N=CC1(O2)C2CC3CC(CC(C3)N1C)C2. The highest BCUT2D eigenvalue weighted by Crippen LogP contribution is 2.55. The summed E-state index contributed by atoms with van der Waals surface area (Å²) in [5.41, 5.74) is 4.02. The predicted molar refractivity (Wildman–Crippen MR) is 108 cm³/mol. The van der Waals surface area contributed by atoms with E-state index in [2.05, 4.69) is 43.1 Å². The fourth-order valence-electron chi connectivity index (χ4n) is 6.54. The molecule has 140 valence electrons. The van der Waals surface area contributed by atoms with Crippen LogP contribution in [0.3, 0.4) is 0 Å². The minimum absolute atomic E-state index is 0.380. The lowest BCUT2D eigenvalue weighted by molar-refractivity contribution is -0.0627. The van der Waals surface area contributed by atoms with Gasteiger partial charge in [0, 0.05) is 23.5 Å². The molecule has 0 amide bonds. The van der Waals surface area contributed by atoms with Crippen molar-refractivity contribution in [2.24, 2.45) is 22.7 Å². The lowest BCUT2D eigenvalue weighted by atomic mass is 9.67. The second-order valence-electron chi connectivity index (χ2n) is 9.31. The molecular weight excluding hydrogens is 334 g/mol. The van der Waals surface area contributed by atoms with Crippen molar-refractivity contribution in [2.45, 2.75) is 57.7 Å². The van der Waals surface area contributed by atoms with Crippen LogP contribution in [0.2, 0.25) is 0 Å². The molecule has 3 aliphatic heterocycles. The van der Waals surface area contributed by atoms with E-state index in [4.69, 9.17) is 9.73 Å². The molecule has 2 aromatic rings. The van der Waals surface area contributed by atoms with E-state index in [-0.39, 0.29) is 5.72 Å². The molecule has 3 atom stereocenters. The van der Waals surface area contributed by atoms with E-state index >= 15 is 0 Å². The summed E-state index contributed by atoms with van der Waals surface area (Å²) in [7, 11) is 2.27. The van der Waals surface area contributed by atoms with Crippen LogP contribution in [0.1, 0.15) is 43.2 Å². The van der Waals surface area contributed by atoms with E-state index in [0.717, 1.165) is 34.2 Å². The Balaban J connectivity index is 1.55. The van der Waals surface area contributed by atoms with E-state index < -0.39 is 0 Å². The molecule has 4 fully saturated rings. The van der Waals surface area contributed by atoms with Gasteiger partial charge in [0.25, 0.3) is 0 Å². The third kappa shape index (κ3) is 2.02. The van der Waals surface area contributed by atoms with E-state index in [9.17, 15) is 0 Å². The number of fused-ring (bicyclic) bond motifs is 3. The van der Waals surface area contributed by atoms with Crippen LogP contribution in [0, 0.1) is 31.6 Å². The van der Waals surface area contributed by atoms with Crippen molar-refractivity contribution in [1.29, 1.82) is 0 Å². The Labute approximate surface area is 160 Å². The summed E-state index contributed by atoms with van der Waals surface area (Å²) < 4.78 is 7.00. The van der Waals surface area contributed by atoms with Gasteiger partial charge in [0.05, 0.1) is 11.7 Å². The number of aryl methyl sites for hydroxylation is 1. The molecule has 4 nitrogen and oxygen atoms in total. The van der Waals surface area contributed by atoms with Gasteiger partial charge in [0.2, 0.25) is 5.72 Å². The monoisotopic (exact) mass is 361 g/mol. The molecule has 3 unspecified atom stereocenters. The summed E-state index contributed by atoms with van der Waals surface area (Å²) in [6.07, 6.45) is 10.7. The molecule has 1 aromatic carbocycles. The third-order valence-electron chi connectivity index (χ3n) is 7.98. The molecule has 2 saturated carbocycles. The number of hydrogen-bond acceptors (Lipinski definition) is 4. The molecule has 1 aromatic heterocycles. The average Bonchev–Trinajstić information content (AvgIpc) is 2.80. The number of rotatable bonds is 0. The molecule has 2 aliphatic carbocycles. The van der Waals surface area contributed by atoms with Crippen molar-refractivity contribution in [3.8, 4) is 5.75 Å². The van der Waals surface area contributed by atoms with E-state index in [1.807, 2.05) is 12.3 Å². The summed E-state index contributed by atoms with van der Waals surface area (Å²) in [6, 6.07) is 4.74. The number of ether oxygens (including phenoxy) is 1. The zero-order chi connectivity index (χ0) is 18.3. The van der Waals surface area contributed by atoms with Crippen molar-refractivity contribution in [3.63, 3.8) is 0 Å². The Hall–Kier alpha value is -1.94. The van der Waals surface area contributed by atoms with Gasteiger partial charge in [-0.3, -0.25) is 14.9 Å². The van der Waals surface area contributed by atoms with Crippen LogP contribution in [-0.4, -0.2) is 34.9 Å². The van der Waals surface area contributed by atoms with Crippen molar-refractivity contribution < 1.29 is 4.74 Å². The van der Waals surface area contributed by atoms with Crippen molar-refractivity contribution >= 4 is 22.8 Å². The number of aliphatic imine (C=N–C) groups is 1. The lowest BCUT2D eigenvalue weighted by Gasteiger charge is -2.46. The van der Waals surface area contributed by atoms with Crippen LogP contribution in [0.5, 0.6) is 5.75 Å². The third-order valence-corrected chi connectivity index (χ3v) is 7.98. The predicted octanol–water partition coefficient (Wildman–Crippen LogP) is 4.78. The van der Waals surface area contributed by atoms with Gasteiger partial charge in [-0.2, -0.15) is 0 Å². The number of pyridine rings is 1. The first-order valence-electron chi connectivity index (χ1n) is 10.4. The minimum Gasteiger partial charge on any atom is -0.464 e. The van der Waals surface area contributed by atoms with Gasteiger partial charge in [-0.1, -0.05) is 0 Å². The van der Waals surface area contributed by atoms with Crippen LogP contribution >= 0.6 is 0 Å². The molecule has 5 aliphatic rings. The zero-order valence-electron chi connectivity index (χ0n) is 16.4. The van der Waals surface area contributed by atoms with Crippen LogP contribution in [-0.2, 0) is 0 Å². The fourth-order valence-corrected chi connectivity index (χ4v) is 6.54. The second-order valence-corrected chi connectivity index (χ2v) is 9.31. The normalized spacial score (nSPS) is 36.9. The smallest absolute Gasteiger partial charge is 0.202 e. The number of hydrogen-bond donors (Lipinski definition) is 0. The molecule has 2 saturated heterocycles. The summed E-state index contributed by atoms with van der Waals surface area (Å²) in [4.78, 5) is 12.2. The Bertz CT molecular complexity index is 969. The maximum atomic E-state index is 7.00. The largest absolute Gasteiger partial charge is 0.464 e. The Kier molecular flexibility index (Phi) is 3.16. The van der Waals surface area contributed by atoms with Crippen LogP contribution in [0.25, 0.3) is 10.9 Å². The highest BCUT2D eigenvalue weighted by atomic mass is 16.5. The van der Waals surface area contributed by atoms with Gasteiger partial charge in [-0.05, 0) is 88.1 Å². The average molecular weight is 361 g/mol. The van der Waals surface area contributed by atoms with Crippen LogP contribution < -0.4 is 4.74 Å². The Morgan fingerprint density at radius 2 is 1.85 bits per heavy atom. The van der Waals surface area contributed by atoms with E-state index in [1.165, 1.54) is 43.2 Å². The Morgan fingerprint density at radius 1 is 1.07 bits per heavy atom. The van der Waals surface area contributed by atoms with E-state index in [0.29, 0.717) is 12.0 Å². The van der Waals surface area contributed by atoms with Gasteiger partial charge in [-0.15, -0.1) is 0 Å². The molecule has 1 spiro atoms. The van der Waals surface area contributed by atoms with Gasteiger partial charge in [0.1, 0.15) is 5.69 Å². The maximum absolute atomic E-state index is 7.00. The molecule has 7 rings (SSSR count). The molecule has 27 heavy (non-hydrogen) atoms. The first-order chi connectivity index (χ1) is 13.1. The highest BCUT2D eigenvalue weighted by Gasteiger charge is 2.56. The standard InChI is InChI=1S/C23H27N3O/c1-13-14(2)22-21(19-5-4-6-24-20(13)19)25-12-23(27-22)17-8-15-7-16(9-17)11-18(10-15)26(23)3/h4-6,12,15-18H,7-11H2,1-3H3. The second kappa shape index (κ2) is 5.32. The van der Waals surface area contributed by atoms with Crippen molar-refractivity contribution in [3.05, 3.63) is 29.5 Å². The lowest BCUT2D eigenvalue weighted by Crippen LogP contribution is -2.59. The van der Waals surface area contributed by atoms with Gasteiger partial charge >= 0.3 is 0 Å². The molecule has 0 N–H and O–H groups in total. The molecule has 4 heteroatoms. The van der Waals surface area contributed by atoms with Gasteiger partial charge < -0.3 is 4.74 Å². The zero-order valence-corrected chi connectivity index (χ0v) is 16.4. The Morgan fingerprint density at radius 3 is 2.63 bits per heavy atom. The summed E-state index contributed by atoms with van der Waals surface area (Å²) in [5.74, 6) is 3.26. The number of nitrogens with zero attached hydrogens (tertiary/aromatic N) is 3. The van der Waals surface area contributed by atoms with Gasteiger partial charge in [0.15, 0.2) is 5.75 Å². The summed E-state index contributed by atoms with van der Waals surface area (Å²) in [6.45, 7) is 4.32. The highest BCUT2D eigenvalue weighted by molar-refractivity contribution is 5.99. The first kappa shape index (κ1) is 16.1. The summed E-state index contributed by atoms with van der Waals surface area (Å²) >= 11 is 0. The fraction of sp³-hybridized carbons (Fsp3) is 0.565. The molecule has 4 heterocycles. The number of aromatic nitrogens is 1. The quantitative estimate of drug-likeness (QED) is 0.677. The van der Waals surface area contributed by atoms with Crippen LogP contribution in [0.15, 0.2) is 23.3 Å². The van der Waals surface area contributed by atoms with Crippen molar-refractivity contribution in [2.75, 3.05) is 7.05 Å². The molecular formula is C23H27N3O. The maximum Gasteiger partial charge on any atom is 0.202 e. The topological polar surface area (TPSA) is 37.7 Å². The molecule has 4 bridgehead atoms. The van der Waals surface area contributed by atoms with Crippen LogP contribution in [0.4, 0.5) is 5.69 Å². The summed E-state index contributed by atoms with van der Waals surface area (Å²) in [5, 5.41) is 1.10. The van der Waals surface area contributed by atoms with Crippen molar-refractivity contribution in [1.82, 2.24) is 9.88 Å². The van der Waals surface area contributed by atoms with Gasteiger partial charge in [-0.25, -0.2) is 0 Å². The minimum atomic E-state index is -0.380.